The first kappa shape index (κ1) is 17.5. The molecule has 0 radical (unpaired) electrons. The lowest BCUT2D eigenvalue weighted by Crippen LogP contribution is -2.48. The van der Waals surface area contributed by atoms with E-state index in [1.165, 1.54) is 0 Å². The van der Waals surface area contributed by atoms with Crippen LogP contribution in [0.3, 0.4) is 0 Å². The molecule has 1 amide bonds. The number of amides is 1. The zero-order valence-electron chi connectivity index (χ0n) is 15.1. The highest BCUT2D eigenvalue weighted by Crippen LogP contribution is 2.33. The molecule has 140 valence electrons. The molecule has 1 saturated heterocycles. The molecule has 28 heavy (non-hydrogen) atoms. The summed E-state index contributed by atoms with van der Waals surface area (Å²) in [6.45, 7) is 2.93. The summed E-state index contributed by atoms with van der Waals surface area (Å²) in [5.74, 6) is 0.0951. The van der Waals surface area contributed by atoms with E-state index in [2.05, 4.69) is 11.0 Å². The average Bonchev–Trinajstić information content (AvgIpc) is 3.19. The number of carbonyl (C=O) groups is 1. The van der Waals surface area contributed by atoms with Crippen molar-refractivity contribution in [2.75, 3.05) is 31.1 Å². The first-order valence-electron chi connectivity index (χ1n) is 9.27. The fourth-order valence-electron chi connectivity index (χ4n) is 3.64. The molecule has 6 heteroatoms. The monoisotopic (exact) mass is 407 g/mol. The van der Waals surface area contributed by atoms with Crippen molar-refractivity contribution in [2.45, 2.75) is 0 Å². The fraction of sp³-hybridized carbons (Fsp3) is 0.182. The van der Waals surface area contributed by atoms with Crippen LogP contribution < -0.4 is 4.90 Å². The van der Waals surface area contributed by atoms with Crippen LogP contribution in [0.15, 0.2) is 60.7 Å². The predicted octanol–water partition coefficient (Wildman–Crippen LogP) is 5.07. The van der Waals surface area contributed by atoms with E-state index in [9.17, 15) is 4.79 Å². The highest BCUT2D eigenvalue weighted by atomic mass is 35.5. The number of fused-ring (bicyclic) bond motifs is 2. The van der Waals surface area contributed by atoms with Gasteiger partial charge < -0.3 is 9.80 Å². The number of rotatable bonds is 2. The van der Waals surface area contributed by atoms with Crippen molar-refractivity contribution in [3.63, 3.8) is 0 Å². The molecule has 1 aromatic heterocycles. The maximum atomic E-state index is 12.9. The van der Waals surface area contributed by atoms with Crippen molar-refractivity contribution in [3.8, 4) is 0 Å². The number of nitrogens with zero attached hydrogens (tertiary/aromatic N) is 3. The van der Waals surface area contributed by atoms with Crippen LogP contribution in [-0.2, 0) is 0 Å². The van der Waals surface area contributed by atoms with Gasteiger partial charge in [0, 0.05) is 31.7 Å². The number of piperazine rings is 1. The highest BCUT2D eigenvalue weighted by Gasteiger charge is 2.24. The molecule has 3 aromatic carbocycles. The van der Waals surface area contributed by atoms with Gasteiger partial charge in [0.1, 0.15) is 5.52 Å². The Kier molecular flexibility index (Phi) is 4.41. The second-order valence-corrected chi connectivity index (χ2v) is 8.34. The molecule has 1 aliphatic rings. The minimum Gasteiger partial charge on any atom is -0.345 e. The zero-order valence-corrected chi connectivity index (χ0v) is 16.7. The van der Waals surface area contributed by atoms with E-state index in [0.29, 0.717) is 18.1 Å². The van der Waals surface area contributed by atoms with Crippen molar-refractivity contribution < 1.29 is 4.79 Å². The number of para-hydroxylation sites is 1. The smallest absolute Gasteiger partial charge is 0.253 e. The maximum Gasteiger partial charge on any atom is 0.253 e. The van der Waals surface area contributed by atoms with Gasteiger partial charge in [0.25, 0.3) is 5.91 Å². The first-order valence-corrected chi connectivity index (χ1v) is 10.5. The number of hydrogen-bond donors (Lipinski definition) is 0. The van der Waals surface area contributed by atoms with Crippen molar-refractivity contribution in [1.82, 2.24) is 9.88 Å². The van der Waals surface area contributed by atoms with E-state index in [1.54, 1.807) is 11.3 Å². The van der Waals surface area contributed by atoms with E-state index < -0.39 is 0 Å². The van der Waals surface area contributed by atoms with Gasteiger partial charge in [-0.1, -0.05) is 59.3 Å². The molecule has 0 N–H and O–H groups in total. The zero-order chi connectivity index (χ0) is 19.1. The lowest BCUT2D eigenvalue weighted by molar-refractivity contribution is 0.0747. The SMILES string of the molecule is O=C(c1ccc2ccccc2c1)N1CCN(c2nc3c(Cl)cccc3s2)CC1. The molecule has 2 heterocycles. The van der Waals surface area contributed by atoms with Gasteiger partial charge in [-0.05, 0) is 35.0 Å². The van der Waals surface area contributed by atoms with E-state index >= 15 is 0 Å². The maximum absolute atomic E-state index is 12.9. The van der Waals surface area contributed by atoms with Crippen LogP contribution in [0.1, 0.15) is 10.4 Å². The molecular formula is C22H18ClN3OS. The topological polar surface area (TPSA) is 36.4 Å². The summed E-state index contributed by atoms with van der Waals surface area (Å²) < 4.78 is 1.09. The molecule has 0 aliphatic carbocycles. The normalized spacial score (nSPS) is 14.8. The van der Waals surface area contributed by atoms with E-state index in [0.717, 1.165) is 44.8 Å². The Balaban J connectivity index is 1.31. The minimum atomic E-state index is 0.0951. The Morgan fingerprint density at radius 3 is 2.50 bits per heavy atom. The number of hydrogen-bond acceptors (Lipinski definition) is 4. The van der Waals surface area contributed by atoms with Crippen LogP contribution >= 0.6 is 22.9 Å². The first-order chi connectivity index (χ1) is 13.7. The van der Waals surface area contributed by atoms with Gasteiger partial charge >= 0.3 is 0 Å². The fourth-order valence-corrected chi connectivity index (χ4v) is 4.96. The predicted molar refractivity (Wildman–Crippen MR) is 117 cm³/mol. The lowest BCUT2D eigenvalue weighted by atomic mass is 10.1. The number of anilines is 1. The number of thiazole rings is 1. The third kappa shape index (κ3) is 3.11. The average molecular weight is 408 g/mol. The van der Waals surface area contributed by atoms with Crippen LogP contribution in [0, 0.1) is 0 Å². The van der Waals surface area contributed by atoms with Crippen molar-refractivity contribution in [2.24, 2.45) is 0 Å². The molecule has 0 atom stereocenters. The Bertz CT molecular complexity index is 1180. The Morgan fingerprint density at radius 2 is 1.71 bits per heavy atom. The standard InChI is InChI=1S/C22H18ClN3OS/c23-18-6-3-7-19-20(18)24-22(28-19)26-12-10-25(11-13-26)21(27)17-9-8-15-4-1-2-5-16(15)14-17/h1-9,14H,10-13H2. The molecule has 0 unspecified atom stereocenters. The molecular weight excluding hydrogens is 390 g/mol. The molecule has 0 saturated carbocycles. The largest absolute Gasteiger partial charge is 0.345 e. The summed E-state index contributed by atoms with van der Waals surface area (Å²) in [4.78, 5) is 21.8. The highest BCUT2D eigenvalue weighted by molar-refractivity contribution is 7.22. The van der Waals surface area contributed by atoms with Crippen LogP contribution in [0.25, 0.3) is 21.0 Å². The van der Waals surface area contributed by atoms with E-state index in [1.807, 2.05) is 59.5 Å². The van der Waals surface area contributed by atoms with Crippen LogP contribution in [0.5, 0.6) is 0 Å². The van der Waals surface area contributed by atoms with Crippen LogP contribution in [0.2, 0.25) is 5.02 Å². The number of aromatic nitrogens is 1. The molecule has 4 nitrogen and oxygen atoms in total. The summed E-state index contributed by atoms with van der Waals surface area (Å²) in [6, 6.07) is 19.9. The van der Waals surface area contributed by atoms with Gasteiger partial charge in [0.05, 0.1) is 9.72 Å². The third-order valence-electron chi connectivity index (χ3n) is 5.19. The third-order valence-corrected chi connectivity index (χ3v) is 6.58. The summed E-state index contributed by atoms with van der Waals surface area (Å²) in [5, 5.41) is 3.91. The minimum absolute atomic E-state index is 0.0951. The number of halogens is 1. The van der Waals surface area contributed by atoms with E-state index in [-0.39, 0.29) is 5.91 Å². The summed E-state index contributed by atoms with van der Waals surface area (Å²) in [6.07, 6.45) is 0. The van der Waals surface area contributed by atoms with Gasteiger partial charge in [0.15, 0.2) is 5.13 Å². The molecule has 0 bridgehead atoms. The van der Waals surface area contributed by atoms with Crippen molar-refractivity contribution in [3.05, 3.63) is 71.2 Å². The molecule has 1 fully saturated rings. The van der Waals surface area contributed by atoms with Gasteiger partial charge in [0.2, 0.25) is 0 Å². The molecule has 4 aromatic rings. The summed E-state index contributed by atoms with van der Waals surface area (Å²) in [5.41, 5.74) is 1.61. The Hall–Kier alpha value is -2.63. The molecule has 1 aliphatic heterocycles. The van der Waals surface area contributed by atoms with Crippen LogP contribution in [-0.4, -0.2) is 42.0 Å². The van der Waals surface area contributed by atoms with Crippen LogP contribution in [0.4, 0.5) is 5.13 Å². The lowest BCUT2D eigenvalue weighted by Gasteiger charge is -2.34. The quantitative estimate of drug-likeness (QED) is 0.465. The van der Waals surface area contributed by atoms with Crippen molar-refractivity contribution >= 4 is 55.0 Å². The van der Waals surface area contributed by atoms with Gasteiger partial charge in [-0.25, -0.2) is 4.98 Å². The summed E-state index contributed by atoms with van der Waals surface area (Å²) in [7, 11) is 0. The van der Waals surface area contributed by atoms with Gasteiger partial charge in [-0.3, -0.25) is 4.79 Å². The second kappa shape index (κ2) is 7.08. The van der Waals surface area contributed by atoms with Gasteiger partial charge in [-0.15, -0.1) is 0 Å². The Labute approximate surface area is 172 Å². The summed E-state index contributed by atoms with van der Waals surface area (Å²) >= 11 is 7.91. The van der Waals surface area contributed by atoms with E-state index in [4.69, 9.17) is 16.6 Å². The molecule has 0 spiro atoms. The second-order valence-electron chi connectivity index (χ2n) is 6.92. The Morgan fingerprint density at radius 1 is 0.929 bits per heavy atom. The van der Waals surface area contributed by atoms with Crippen molar-refractivity contribution in [1.29, 1.82) is 0 Å². The number of carbonyl (C=O) groups excluding carboxylic acids is 1. The van der Waals surface area contributed by atoms with Gasteiger partial charge in [-0.2, -0.15) is 0 Å². The number of benzene rings is 3. The molecule has 5 rings (SSSR count).